The van der Waals surface area contributed by atoms with E-state index in [1.165, 1.54) is 0 Å². The Morgan fingerprint density at radius 3 is 2.36 bits per heavy atom. The molecule has 0 aromatic heterocycles. The number of nitrogens with one attached hydrogen (secondary N) is 1. The number of carbonyl (C=O) groups excluding carboxylic acids is 1. The van der Waals surface area contributed by atoms with Crippen LogP contribution in [0.4, 0.5) is 0 Å². The maximum absolute atomic E-state index is 12.1. The van der Waals surface area contributed by atoms with Gasteiger partial charge in [0.25, 0.3) is 0 Å². The topological polar surface area (TPSA) is 38.3 Å². The zero-order chi connectivity index (χ0) is 15.9. The summed E-state index contributed by atoms with van der Waals surface area (Å²) >= 11 is 5.87. The van der Waals surface area contributed by atoms with E-state index in [0.29, 0.717) is 18.1 Å². The first-order chi connectivity index (χ1) is 10.6. The second-order valence-electron chi connectivity index (χ2n) is 5.09. The summed E-state index contributed by atoms with van der Waals surface area (Å²) in [4.78, 5) is 12.1. The van der Waals surface area contributed by atoms with Crippen LogP contribution in [0, 0.1) is 0 Å². The van der Waals surface area contributed by atoms with Crippen molar-refractivity contribution in [3.05, 3.63) is 64.7 Å². The molecule has 0 saturated heterocycles. The fraction of sp³-hybridized carbons (Fsp3) is 0.278. The first-order valence-corrected chi connectivity index (χ1v) is 7.73. The van der Waals surface area contributed by atoms with Gasteiger partial charge in [0.2, 0.25) is 5.91 Å². The molecule has 116 valence electrons. The van der Waals surface area contributed by atoms with Crippen molar-refractivity contribution >= 4 is 17.5 Å². The third-order valence-electron chi connectivity index (χ3n) is 3.35. The van der Waals surface area contributed by atoms with Crippen molar-refractivity contribution < 1.29 is 9.53 Å². The lowest BCUT2D eigenvalue weighted by atomic mass is 10.1. The first kappa shape index (κ1) is 16.4. The Labute approximate surface area is 136 Å². The van der Waals surface area contributed by atoms with Gasteiger partial charge in [-0.2, -0.15) is 0 Å². The Morgan fingerprint density at radius 2 is 1.77 bits per heavy atom. The van der Waals surface area contributed by atoms with Crippen LogP contribution in [-0.2, 0) is 11.2 Å². The molecule has 0 fully saturated rings. The molecule has 0 aliphatic rings. The van der Waals surface area contributed by atoms with E-state index in [9.17, 15) is 4.79 Å². The molecule has 1 unspecified atom stereocenters. The van der Waals surface area contributed by atoms with Gasteiger partial charge in [-0.25, -0.2) is 0 Å². The Balaban J connectivity index is 1.90. The first-order valence-electron chi connectivity index (χ1n) is 7.35. The number of amides is 1. The van der Waals surface area contributed by atoms with Crippen molar-refractivity contribution in [3.63, 3.8) is 0 Å². The van der Waals surface area contributed by atoms with Gasteiger partial charge in [0, 0.05) is 5.02 Å². The third-order valence-corrected chi connectivity index (χ3v) is 3.60. The molecule has 2 aromatic carbocycles. The summed E-state index contributed by atoms with van der Waals surface area (Å²) < 4.78 is 5.39. The molecule has 0 aliphatic heterocycles. The highest BCUT2D eigenvalue weighted by Gasteiger charge is 2.10. The Hall–Kier alpha value is -2.00. The molecule has 2 rings (SSSR count). The van der Waals surface area contributed by atoms with Gasteiger partial charge in [0.15, 0.2) is 0 Å². The number of hydrogen-bond donors (Lipinski definition) is 1. The third kappa shape index (κ3) is 4.78. The average Bonchev–Trinajstić information content (AvgIpc) is 2.50. The standard InChI is InChI=1S/C18H20ClNO2/c1-3-22-17-10-4-14(5-11-17)12-18(21)20-13(2)15-6-8-16(19)9-7-15/h4-11,13H,3,12H2,1-2H3,(H,20,21). The second kappa shape index (κ2) is 7.85. The number of ether oxygens (including phenoxy) is 1. The SMILES string of the molecule is CCOc1ccc(CC(=O)NC(C)c2ccc(Cl)cc2)cc1. The summed E-state index contributed by atoms with van der Waals surface area (Å²) in [5.74, 6) is 0.813. The van der Waals surface area contributed by atoms with Crippen LogP contribution in [0.3, 0.4) is 0 Å². The summed E-state index contributed by atoms with van der Waals surface area (Å²) in [6.07, 6.45) is 0.352. The second-order valence-corrected chi connectivity index (χ2v) is 5.53. The van der Waals surface area contributed by atoms with Crippen LogP contribution < -0.4 is 10.1 Å². The normalized spacial score (nSPS) is 11.8. The number of hydrogen-bond acceptors (Lipinski definition) is 2. The molecule has 0 aliphatic carbocycles. The van der Waals surface area contributed by atoms with E-state index in [1.54, 1.807) is 0 Å². The van der Waals surface area contributed by atoms with Gasteiger partial charge < -0.3 is 10.1 Å². The average molecular weight is 318 g/mol. The predicted molar refractivity (Wildman–Crippen MR) is 89.3 cm³/mol. The summed E-state index contributed by atoms with van der Waals surface area (Å²) in [6, 6.07) is 15.0. The molecule has 1 amide bonds. The molecule has 0 bridgehead atoms. The van der Waals surface area contributed by atoms with Crippen molar-refractivity contribution in [2.24, 2.45) is 0 Å². The van der Waals surface area contributed by atoms with E-state index in [0.717, 1.165) is 16.9 Å². The van der Waals surface area contributed by atoms with Crippen molar-refractivity contribution in [3.8, 4) is 5.75 Å². The lowest BCUT2D eigenvalue weighted by Gasteiger charge is -2.14. The lowest BCUT2D eigenvalue weighted by Crippen LogP contribution is -2.28. The number of halogens is 1. The van der Waals surface area contributed by atoms with Crippen molar-refractivity contribution in [1.82, 2.24) is 5.32 Å². The van der Waals surface area contributed by atoms with E-state index >= 15 is 0 Å². The van der Waals surface area contributed by atoms with E-state index in [2.05, 4.69) is 5.32 Å². The minimum atomic E-state index is -0.0486. The summed E-state index contributed by atoms with van der Waals surface area (Å²) in [7, 11) is 0. The molecule has 0 radical (unpaired) electrons. The fourth-order valence-corrected chi connectivity index (χ4v) is 2.31. The number of benzene rings is 2. The molecule has 0 heterocycles. The van der Waals surface area contributed by atoms with Crippen LogP contribution >= 0.6 is 11.6 Å². The number of rotatable bonds is 6. The van der Waals surface area contributed by atoms with Crippen LogP contribution in [0.5, 0.6) is 5.75 Å². The van der Waals surface area contributed by atoms with Crippen LogP contribution in [0.2, 0.25) is 5.02 Å². The van der Waals surface area contributed by atoms with Crippen molar-refractivity contribution in [1.29, 1.82) is 0 Å². The molecular formula is C18H20ClNO2. The van der Waals surface area contributed by atoms with Gasteiger partial charge in [0.05, 0.1) is 19.1 Å². The van der Waals surface area contributed by atoms with Gasteiger partial charge in [-0.15, -0.1) is 0 Å². The smallest absolute Gasteiger partial charge is 0.224 e. The summed E-state index contributed by atoms with van der Waals surface area (Å²) in [6.45, 7) is 4.54. The minimum Gasteiger partial charge on any atom is -0.494 e. The zero-order valence-electron chi connectivity index (χ0n) is 12.8. The molecule has 0 spiro atoms. The molecule has 1 N–H and O–H groups in total. The van der Waals surface area contributed by atoms with Crippen molar-refractivity contribution in [2.75, 3.05) is 6.61 Å². The molecule has 4 heteroatoms. The maximum atomic E-state index is 12.1. The number of carbonyl (C=O) groups is 1. The Kier molecular flexibility index (Phi) is 5.84. The predicted octanol–water partition coefficient (Wildman–Crippen LogP) is 4.16. The zero-order valence-corrected chi connectivity index (χ0v) is 13.6. The van der Waals surface area contributed by atoms with Gasteiger partial charge in [-0.1, -0.05) is 35.9 Å². The van der Waals surface area contributed by atoms with Crippen LogP contribution in [0.25, 0.3) is 0 Å². The molecule has 22 heavy (non-hydrogen) atoms. The molecule has 2 aromatic rings. The Morgan fingerprint density at radius 1 is 1.14 bits per heavy atom. The summed E-state index contributed by atoms with van der Waals surface area (Å²) in [5.41, 5.74) is 1.99. The molecular weight excluding hydrogens is 298 g/mol. The molecule has 3 nitrogen and oxygen atoms in total. The maximum Gasteiger partial charge on any atom is 0.224 e. The highest BCUT2D eigenvalue weighted by atomic mass is 35.5. The highest BCUT2D eigenvalue weighted by molar-refractivity contribution is 6.30. The van der Waals surface area contributed by atoms with Gasteiger partial charge in [-0.3, -0.25) is 4.79 Å². The molecule has 0 saturated carbocycles. The van der Waals surface area contributed by atoms with E-state index in [1.807, 2.05) is 62.4 Å². The van der Waals surface area contributed by atoms with Gasteiger partial charge in [0.1, 0.15) is 5.75 Å². The summed E-state index contributed by atoms with van der Waals surface area (Å²) in [5, 5.41) is 3.68. The van der Waals surface area contributed by atoms with Crippen LogP contribution in [-0.4, -0.2) is 12.5 Å². The van der Waals surface area contributed by atoms with Crippen LogP contribution in [0.1, 0.15) is 31.0 Å². The quantitative estimate of drug-likeness (QED) is 0.868. The Bertz CT molecular complexity index is 608. The van der Waals surface area contributed by atoms with Gasteiger partial charge in [-0.05, 0) is 49.2 Å². The van der Waals surface area contributed by atoms with Crippen molar-refractivity contribution in [2.45, 2.75) is 26.3 Å². The van der Waals surface area contributed by atoms with E-state index in [-0.39, 0.29) is 11.9 Å². The van der Waals surface area contributed by atoms with Gasteiger partial charge >= 0.3 is 0 Å². The molecule has 1 atom stereocenters. The largest absolute Gasteiger partial charge is 0.494 e. The van der Waals surface area contributed by atoms with E-state index in [4.69, 9.17) is 16.3 Å². The highest BCUT2D eigenvalue weighted by Crippen LogP contribution is 2.17. The van der Waals surface area contributed by atoms with Crippen LogP contribution in [0.15, 0.2) is 48.5 Å². The monoisotopic (exact) mass is 317 g/mol. The minimum absolute atomic E-state index is 0.00777. The fourth-order valence-electron chi connectivity index (χ4n) is 2.18. The lowest BCUT2D eigenvalue weighted by molar-refractivity contribution is -0.121. The van der Waals surface area contributed by atoms with E-state index < -0.39 is 0 Å².